The molecule has 0 aliphatic carbocycles. The Bertz CT molecular complexity index is 1000. The number of aromatic carboxylic acids is 1. The summed E-state index contributed by atoms with van der Waals surface area (Å²) in [6, 6.07) is 12.2. The number of aryl methyl sites for hydroxylation is 2. The molecule has 0 unspecified atom stereocenters. The molecule has 0 bridgehead atoms. The molecule has 0 saturated carbocycles. The molecule has 0 atom stereocenters. The molecule has 0 aliphatic rings. The van der Waals surface area contributed by atoms with Crippen LogP contribution in [0.15, 0.2) is 48.7 Å². The Hall–Kier alpha value is -2.70. The Balaban J connectivity index is 1.63. The largest absolute Gasteiger partial charge is 0.478 e. The number of hydrogen-bond acceptors (Lipinski definition) is 4. The number of rotatable bonds is 6. The van der Waals surface area contributed by atoms with Gasteiger partial charge in [-0.25, -0.2) is 9.78 Å². The number of carboxylic acids is 1. The van der Waals surface area contributed by atoms with Crippen LogP contribution in [0.4, 0.5) is 5.69 Å². The fourth-order valence-corrected chi connectivity index (χ4v) is 3.90. The summed E-state index contributed by atoms with van der Waals surface area (Å²) in [6.45, 7) is 1.98. The molecule has 7 heteroatoms. The van der Waals surface area contributed by atoms with Crippen molar-refractivity contribution < 1.29 is 14.7 Å². The van der Waals surface area contributed by atoms with Crippen molar-refractivity contribution in [2.75, 3.05) is 5.32 Å². The Morgan fingerprint density at radius 3 is 2.74 bits per heavy atom. The van der Waals surface area contributed by atoms with Crippen molar-refractivity contribution >= 4 is 40.5 Å². The highest BCUT2D eigenvalue weighted by Crippen LogP contribution is 2.32. The van der Waals surface area contributed by atoms with Crippen LogP contribution in [0.5, 0.6) is 0 Å². The summed E-state index contributed by atoms with van der Waals surface area (Å²) in [4.78, 5) is 28.8. The first-order valence-corrected chi connectivity index (χ1v) is 9.47. The van der Waals surface area contributed by atoms with Gasteiger partial charge in [0.1, 0.15) is 5.01 Å². The molecule has 0 aliphatic heterocycles. The Morgan fingerprint density at radius 2 is 2.00 bits per heavy atom. The van der Waals surface area contributed by atoms with E-state index in [9.17, 15) is 9.59 Å². The van der Waals surface area contributed by atoms with Crippen LogP contribution < -0.4 is 5.32 Å². The number of carbonyl (C=O) groups is 2. The summed E-state index contributed by atoms with van der Waals surface area (Å²) in [5, 5.41) is 13.3. The summed E-state index contributed by atoms with van der Waals surface area (Å²) in [5.41, 5.74) is 2.32. The molecule has 1 amide bonds. The van der Waals surface area contributed by atoms with Gasteiger partial charge >= 0.3 is 5.97 Å². The van der Waals surface area contributed by atoms with Crippen molar-refractivity contribution in [3.8, 4) is 10.6 Å². The second kappa shape index (κ2) is 8.33. The SMILES string of the molecule is Cc1ccc(-c2ncc(CCC(=O)Nc3ccccc3C(=O)O)s2)c(Cl)c1. The second-order valence-electron chi connectivity index (χ2n) is 6.01. The lowest BCUT2D eigenvalue weighted by Crippen LogP contribution is -2.14. The van der Waals surface area contributed by atoms with E-state index >= 15 is 0 Å². The predicted molar refractivity (Wildman–Crippen MR) is 108 cm³/mol. The lowest BCUT2D eigenvalue weighted by molar-refractivity contribution is -0.116. The Kier molecular flexibility index (Phi) is 5.88. The average molecular weight is 401 g/mol. The third-order valence-corrected chi connectivity index (χ3v) is 5.34. The first kappa shape index (κ1) is 19.1. The van der Waals surface area contributed by atoms with E-state index in [2.05, 4.69) is 10.3 Å². The minimum Gasteiger partial charge on any atom is -0.478 e. The summed E-state index contributed by atoms with van der Waals surface area (Å²) in [7, 11) is 0. The first-order chi connectivity index (χ1) is 12.9. The van der Waals surface area contributed by atoms with Crippen LogP contribution in [-0.2, 0) is 11.2 Å². The van der Waals surface area contributed by atoms with Gasteiger partial charge in [0.15, 0.2) is 0 Å². The third-order valence-electron chi connectivity index (χ3n) is 3.94. The maximum atomic E-state index is 12.2. The Morgan fingerprint density at radius 1 is 1.22 bits per heavy atom. The van der Waals surface area contributed by atoms with E-state index in [-0.39, 0.29) is 17.9 Å². The lowest BCUT2D eigenvalue weighted by Gasteiger charge is -2.07. The summed E-state index contributed by atoms with van der Waals surface area (Å²) >= 11 is 7.78. The molecule has 27 heavy (non-hydrogen) atoms. The van der Waals surface area contributed by atoms with Gasteiger partial charge in [-0.05, 0) is 37.1 Å². The minimum absolute atomic E-state index is 0.0694. The maximum Gasteiger partial charge on any atom is 0.337 e. The number of halogens is 1. The van der Waals surface area contributed by atoms with Crippen LogP contribution >= 0.6 is 22.9 Å². The number of amides is 1. The van der Waals surface area contributed by atoms with E-state index in [1.54, 1.807) is 24.4 Å². The molecule has 3 aromatic rings. The highest BCUT2D eigenvalue weighted by Gasteiger charge is 2.13. The molecule has 2 N–H and O–H groups in total. The van der Waals surface area contributed by atoms with Crippen molar-refractivity contribution in [2.24, 2.45) is 0 Å². The van der Waals surface area contributed by atoms with Crippen molar-refractivity contribution in [3.05, 3.63) is 69.7 Å². The average Bonchev–Trinajstić information content (AvgIpc) is 3.09. The number of carbonyl (C=O) groups excluding carboxylic acids is 1. The zero-order chi connectivity index (χ0) is 19.4. The highest BCUT2D eigenvalue weighted by atomic mass is 35.5. The van der Waals surface area contributed by atoms with Crippen molar-refractivity contribution in [1.29, 1.82) is 0 Å². The summed E-state index contributed by atoms with van der Waals surface area (Å²) in [6.07, 6.45) is 2.49. The van der Waals surface area contributed by atoms with Gasteiger partial charge in [0.25, 0.3) is 0 Å². The molecule has 5 nitrogen and oxygen atoms in total. The van der Waals surface area contributed by atoms with Gasteiger partial charge in [0, 0.05) is 23.1 Å². The van der Waals surface area contributed by atoms with E-state index in [4.69, 9.17) is 16.7 Å². The van der Waals surface area contributed by atoms with E-state index in [0.717, 1.165) is 21.0 Å². The maximum absolute atomic E-state index is 12.2. The van der Waals surface area contributed by atoms with Crippen molar-refractivity contribution in [3.63, 3.8) is 0 Å². The summed E-state index contributed by atoms with van der Waals surface area (Å²) < 4.78 is 0. The van der Waals surface area contributed by atoms with Gasteiger partial charge < -0.3 is 10.4 Å². The zero-order valence-electron chi connectivity index (χ0n) is 14.5. The second-order valence-corrected chi connectivity index (χ2v) is 7.54. The van der Waals surface area contributed by atoms with Gasteiger partial charge in [0.2, 0.25) is 5.91 Å². The molecule has 0 radical (unpaired) electrons. The van der Waals surface area contributed by atoms with Crippen LogP contribution in [0, 0.1) is 6.92 Å². The number of hydrogen-bond donors (Lipinski definition) is 2. The molecule has 0 saturated heterocycles. The lowest BCUT2D eigenvalue weighted by atomic mass is 10.1. The fraction of sp³-hybridized carbons (Fsp3) is 0.150. The van der Waals surface area contributed by atoms with Crippen LogP contribution in [-0.4, -0.2) is 22.0 Å². The molecular formula is C20H17ClN2O3S. The molecule has 3 rings (SSSR count). The monoisotopic (exact) mass is 400 g/mol. The molecule has 0 spiro atoms. The Labute approximate surface area is 165 Å². The number of nitrogens with zero attached hydrogens (tertiary/aromatic N) is 1. The van der Waals surface area contributed by atoms with Crippen molar-refractivity contribution in [2.45, 2.75) is 19.8 Å². The van der Waals surface area contributed by atoms with Crippen LogP contribution in [0.25, 0.3) is 10.6 Å². The number of anilines is 1. The number of para-hydroxylation sites is 1. The zero-order valence-corrected chi connectivity index (χ0v) is 16.1. The molecule has 138 valence electrons. The van der Waals surface area contributed by atoms with Gasteiger partial charge in [-0.2, -0.15) is 0 Å². The molecule has 2 aromatic carbocycles. The van der Waals surface area contributed by atoms with Crippen LogP contribution in [0.1, 0.15) is 27.2 Å². The first-order valence-electron chi connectivity index (χ1n) is 8.27. The minimum atomic E-state index is -1.08. The van der Waals surface area contributed by atoms with E-state index in [1.807, 2.05) is 25.1 Å². The smallest absolute Gasteiger partial charge is 0.337 e. The number of benzene rings is 2. The van der Waals surface area contributed by atoms with E-state index < -0.39 is 5.97 Å². The molecular weight excluding hydrogens is 384 g/mol. The van der Waals surface area contributed by atoms with Gasteiger partial charge in [-0.1, -0.05) is 35.9 Å². The molecule has 1 heterocycles. The normalized spacial score (nSPS) is 10.6. The van der Waals surface area contributed by atoms with Crippen molar-refractivity contribution in [1.82, 2.24) is 4.98 Å². The topological polar surface area (TPSA) is 79.3 Å². The number of nitrogens with one attached hydrogen (secondary N) is 1. The fourth-order valence-electron chi connectivity index (χ4n) is 2.57. The highest BCUT2D eigenvalue weighted by molar-refractivity contribution is 7.15. The van der Waals surface area contributed by atoms with Gasteiger partial charge in [-0.15, -0.1) is 11.3 Å². The number of aromatic nitrogens is 1. The predicted octanol–water partition coefficient (Wildman–Crippen LogP) is 5.04. The standard InChI is InChI=1S/C20H17ClN2O3S/c1-12-6-8-14(16(21)10-12)19-22-11-13(27-19)7-9-18(24)23-17-5-3-2-4-15(17)20(25)26/h2-6,8,10-11H,7,9H2,1H3,(H,23,24)(H,25,26). The summed E-state index contributed by atoms with van der Waals surface area (Å²) in [5.74, 6) is -1.32. The molecule has 1 aromatic heterocycles. The quantitative estimate of drug-likeness (QED) is 0.607. The van der Waals surface area contributed by atoms with Gasteiger partial charge in [-0.3, -0.25) is 4.79 Å². The number of thiazole rings is 1. The van der Waals surface area contributed by atoms with Crippen LogP contribution in [0.3, 0.4) is 0 Å². The van der Waals surface area contributed by atoms with Gasteiger partial charge in [0.05, 0.1) is 16.3 Å². The number of carboxylic acid groups (broad SMARTS) is 1. The third kappa shape index (κ3) is 4.72. The van der Waals surface area contributed by atoms with E-state index in [1.165, 1.54) is 17.4 Å². The van der Waals surface area contributed by atoms with Crippen LogP contribution in [0.2, 0.25) is 5.02 Å². The molecule has 0 fully saturated rings. The van der Waals surface area contributed by atoms with E-state index in [0.29, 0.717) is 17.1 Å².